The molecule has 0 spiro atoms. The zero-order valence-corrected chi connectivity index (χ0v) is 24.4. The molecule has 0 heterocycles. The smallest absolute Gasteiger partial charge is 1.00 e. The first-order valence-corrected chi connectivity index (χ1v) is 15.7. The van der Waals surface area contributed by atoms with Crippen LogP contribution in [-0.2, 0) is 34.1 Å². The summed E-state index contributed by atoms with van der Waals surface area (Å²) in [6.45, 7) is 9.45. The fourth-order valence-corrected chi connectivity index (χ4v) is 12.3. The van der Waals surface area contributed by atoms with Crippen molar-refractivity contribution < 1.29 is 46.1 Å². The molecule has 1 atom stereocenters. The van der Waals surface area contributed by atoms with Crippen molar-refractivity contribution in [2.45, 2.75) is 40.5 Å². The van der Waals surface area contributed by atoms with Gasteiger partial charge < -0.3 is 24.8 Å². The Morgan fingerprint density at radius 1 is 0.853 bits per heavy atom. The molecule has 1 unspecified atom stereocenters. The molecule has 0 N–H and O–H groups in total. The van der Waals surface area contributed by atoms with Crippen LogP contribution in [-0.4, -0.2) is 3.71 Å². The van der Waals surface area contributed by atoms with Gasteiger partial charge in [-0.2, -0.15) is 0 Å². The molecule has 0 nitrogen and oxygen atoms in total. The Morgan fingerprint density at radius 3 is 2.24 bits per heavy atom. The number of allylic oxidation sites excluding steroid dienone is 4. The fourth-order valence-electron chi connectivity index (χ4n) is 5.12. The van der Waals surface area contributed by atoms with Gasteiger partial charge in [0, 0.05) is 0 Å². The monoisotopic (exact) mass is 564 g/mol. The van der Waals surface area contributed by atoms with Crippen LogP contribution in [0.25, 0.3) is 11.1 Å². The first kappa shape index (κ1) is 27.1. The van der Waals surface area contributed by atoms with Gasteiger partial charge in [-0.3, -0.25) is 0 Å². The molecule has 3 aromatic carbocycles. The average Bonchev–Trinajstić information content (AvgIpc) is 3.36. The molecule has 3 aromatic rings. The molecule has 2 aliphatic carbocycles. The van der Waals surface area contributed by atoms with Gasteiger partial charge in [0.05, 0.1) is 0 Å². The van der Waals surface area contributed by atoms with Crippen LogP contribution in [0.5, 0.6) is 0 Å². The van der Waals surface area contributed by atoms with Gasteiger partial charge in [0.15, 0.2) is 0 Å². The average molecular weight is 567 g/mol. The van der Waals surface area contributed by atoms with E-state index >= 15 is 0 Å². The number of hydrogen-bond donors (Lipinski definition) is 0. The van der Waals surface area contributed by atoms with Gasteiger partial charge in [0.25, 0.3) is 0 Å². The first-order valence-electron chi connectivity index (χ1n) is 11.8. The summed E-state index contributed by atoms with van der Waals surface area (Å²) >= 11 is -2.22. The minimum atomic E-state index is -2.22. The van der Waals surface area contributed by atoms with E-state index in [1.54, 1.807) is 12.1 Å². The minimum absolute atomic E-state index is 0. The third-order valence-corrected chi connectivity index (χ3v) is 14.0. The van der Waals surface area contributed by atoms with Crippen molar-refractivity contribution in [3.05, 3.63) is 110 Å². The van der Waals surface area contributed by atoms with Crippen molar-refractivity contribution in [3.8, 4) is 11.1 Å². The van der Waals surface area contributed by atoms with Crippen LogP contribution >= 0.6 is 0 Å². The number of rotatable bonds is 4. The van der Waals surface area contributed by atoms with Crippen molar-refractivity contribution in [1.29, 1.82) is 0 Å². The van der Waals surface area contributed by atoms with Gasteiger partial charge in [-0.1, -0.05) is 0 Å². The number of halogens is 2. The van der Waals surface area contributed by atoms with Crippen LogP contribution in [0.3, 0.4) is 0 Å². The maximum Gasteiger partial charge on any atom is -1.00 e. The molecule has 174 valence electrons. The molecule has 0 aliphatic heterocycles. The molecule has 0 aromatic heterocycles. The van der Waals surface area contributed by atoms with Crippen LogP contribution in [0.2, 0.25) is 0 Å². The predicted octanol–water partition coefficient (Wildman–Crippen LogP) is 1.06. The van der Waals surface area contributed by atoms with Crippen molar-refractivity contribution >= 4 is 6.98 Å². The molecule has 0 radical (unpaired) electrons. The number of benzene rings is 3. The maximum absolute atomic E-state index is 2.75. The molecule has 34 heavy (non-hydrogen) atoms. The Hall–Kier alpha value is -1.53. The Bertz CT molecular complexity index is 1260. The van der Waals surface area contributed by atoms with E-state index in [0.29, 0.717) is 5.92 Å². The van der Waals surface area contributed by atoms with Gasteiger partial charge in [-0.05, 0) is 0 Å². The van der Waals surface area contributed by atoms with E-state index in [0.717, 1.165) is 12.8 Å². The summed E-state index contributed by atoms with van der Waals surface area (Å²) in [7, 11) is 0. The zero-order valence-electron chi connectivity index (χ0n) is 20.4. The zero-order chi connectivity index (χ0) is 22.3. The largest absolute Gasteiger partial charge is 1.00 e. The number of fused-ring (bicyclic) bond motifs is 3. The van der Waals surface area contributed by atoms with Crippen LogP contribution in [0.1, 0.15) is 44.4 Å². The predicted molar refractivity (Wildman–Crippen MR) is 135 cm³/mol. The molecule has 2 aliphatic rings. The first-order chi connectivity index (χ1) is 15.4. The Balaban J connectivity index is 0.00000162. The van der Waals surface area contributed by atoms with Gasteiger partial charge >= 0.3 is 202 Å². The molecule has 3 heteroatoms. The molecule has 5 rings (SSSR count). The minimum Gasteiger partial charge on any atom is -1.00 e. The van der Waals surface area contributed by atoms with Crippen LogP contribution in [0, 0.1) is 11.3 Å². The van der Waals surface area contributed by atoms with E-state index in [9.17, 15) is 0 Å². The quantitative estimate of drug-likeness (QED) is 0.347. The van der Waals surface area contributed by atoms with E-state index in [1.807, 2.05) is 0 Å². The Labute approximate surface area is 225 Å². The molecule has 0 bridgehead atoms. The normalized spacial score (nSPS) is 16.1. The van der Waals surface area contributed by atoms with Crippen molar-refractivity contribution in [2.24, 2.45) is 11.3 Å². The van der Waals surface area contributed by atoms with E-state index < -0.39 is 21.3 Å². The van der Waals surface area contributed by atoms with Gasteiger partial charge in [-0.25, -0.2) is 0 Å². The summed E-state index contributed by atoms with van der Waals surface area (Å²) < 4.78 is 6.16. The summed E-state index contributed by atoms with van der Waals surface area (Å²) in [5.41, 5.74) is 9.15. The second-order valence-corrected chi connectivity index (χ2v) is 16.0. The van der Waals surface area contributed by atoms with E-state index in [4.69, 9.17) is 0 Å². The van der Waals surface area contributed by atoms with Crippen molar-refractivity contribution in [3.63, 3.8) is 0 Å². The molecule has 0 amide bonds. The van der Waals surface area contributed by atoms with Crippen LogP contribution < -0.4 is 28.1 Å². The van der Waals surface area contributed by atoms with Crippen LogP contribution in [0.15, 0.2) is 93.8 Å². The third-order valence-electron chi connectivity index (χ3n) is 6.93. The number of hydrogen-bond acceptors (Lipinski definition) is 0. The topological polar surface area (TPSA) is 0 Å². The molecule has 0 saturated heterocycles. The summed E-state index contributed by atoms with van der Waals surface area (Å²) in [4.78, 5) is 0. The Morgan fingerprint density at radius 2 is 1.53 bits per heavy atom. The van der Waals surface area contributed by atoms with Crippen LogP contribution in [0.4, 0.5) is 0 Å². The summed E-state index contributed by atoms with van der Waals surface area (Å²) in [6.07, 6.45) is 7.28. The summed E-state index contributed by atoms with van der Waals surface area (Å²) in [6, 6.07) is 27.1. The standard InChI is InChI=1S/C13H9.C10H15.C8H8.2ClH.Zr/c1-3-7-12-10(5-1)9-11-6-2-4-8-13(11)12;1-8-5-6-9(7-8)10(2,3)4;1-2-8-6-4-3-5-7-8;;;/h1-5,7-8H,9H2;6-8H,1-4H3;1,3-7H,2H2;2*1H;/q;;;;;+2/p-2. The van der Waals surface area contributed by atoms with E-state index in [1.165, 1.54) is 27.8 Å². The third kappa shape index (κ3) is 5.33. The van der Waals surface area contributed by atoms with Crippen molar-refractivity contribution in [2.75, 3.05) is 0 Å². The van der Waals surface area contributed by atoms with Gasteiger partial charge in [-0.15, -0.1) is 0 Å². The Kier molecular flexibility index (Phi) is 8.78. The van der Waals surface area contributed by atoms with E-state index in [-0.39, 0.29) is 30.2 Å². The SMILES string of the molecule is CC1C=C(C(C)(C)C)C=[C]1[Zr+2](=[CH]Cc1ccccc1)[c]1cccc2c1Cc1ccccc1-2.[Cl-].[Cl-]. The maximum atomic E-state index is 2.75. The molecular weight excluding hydrogens is 534 g/mol. The second-order valence-electron chi connectivity index (χ2n) is 10.2. The van der Waals surface area contributed by atoms with Gasteiger partial charge in [0.2, 0.25) is 0 Å². The van der Waals surface area contributed by atoms with Gasteiger partial charge in [0.1, 0.15) is 0 Å². The molecule has 0 saturated carbocycles. The molecule has 0 fully saturated rings. The van der Waals surface area contributed by atoms with E-state index in [2.05, 4.69) is 116 Å². The summed E-state index contributed by atoms with van der Waals surface area (Å²) in [5.74, 6) is 0.547. The second kappa shape index (κ2) is 11.0. The molecular formula is C31H32Cl2Zr. The summed E-state index contributed by atoms with van der Waals surface area (Å²) in [5, 5.41) is 0. The van der Waals surface area contributed by atoms with Crippen molar-refractivity contribution in [1.82, 2.24) is 0 Å². The fraction of sp³-hybridized carbons (Fsp3) is 0.258.